The molecular formula is C24H23F3N6O2. The molecule has 0 unspecified atom stereocenters. The molecule has 8 nitrogen and oxygen atoms in total. The maximum atomic E-state index is 13.2. The molecule has 0 N–H and O–H groups in total. The van der Waals surface area contributed by atoms with Crippen LogP contribution in [0.3, 0.4) is 0 Å². The Hall–Kier alpha value is -3.86. The van der Waals surface area contributed by atoms with Gasteiger partial charge in [0.2, 0.25) is 0 Å². The van der Waals surface area contributed by atoms with E-state index in [-0.39, 0.29) is 5.65 Å². The average molecular weight is 484 g/mol. The van der Waals surface area contributed by atoms with E-state index >= 15 is 0 Å². The minimum Gasteiger partial charge on any atom is -0.497 e. The van der Waals surface area contributed by atoms with E-state index in [2.05, 4.69) is 20.2 Å². The quantitative estimate of drug-likeness (QED) is 0.405. The van der Waals surface area contributed by atoms with Gasteiger partial charge in [-0.1, -0.05) is 12.1 Å². The monoisotopic (exact) mass is 484 g/mol. The molecule has 1 saturated heterocycles. The van der Waals surface area contributed by atoms with Crippen LogP contribution in [0.5, 0.6) is 17.2 Å². The summed E-state index contributed by atoms with van der Waals surface area (Å²) in [5.74, 6) is 1.59. The van der Waals surface area contributed by atoms with Gasteiger partial charge in [0.15, 0.2) is 5.65 Å². The van der Waals surface area contributed by atoms with E-state index < -0.39 is 12.0 Å². The van der Waals surface area contributed by atoms with E-state index in [9.17, 15) is 13.2 Å². The minimum absolute atomic E-state index is 0.0662. The largest absolute Gasteiger partial charge is 0.497 e. The highest BCUT2D eigenvalue weighted by Crippen LogP contribution is 2.28. The molecule has 1 aliphatic heterocycles. The zero-order valence-electron chi connectivity index (χ0n) is 18.9. The van der Waals surface area contributed by atoms with Crippen molar-refractivity contribution in [2.24, 2.45) is 0 Å². The number of hydrogen-bond donors (Lipinski definition) is 0. The summed E-state index contributed by atoms with van der Waals surface area (Å²) in [5, 5.41) is 10.9. The lowest BCUT2D eigenvalue weighted by Gasteiger charge is -2.35. The third-order valence-electron chi connectivity index (χ3n) is 5.80. The van der Waals surface area contributed by atoms with Crippen LogP contribution in [0.25, 0.3) is 5.65 Å². The second-order valence-electron chi connectivity index (χ2n) is 8.17. The van der Waals surface area contributed by atoms with Crippen LogP contribution in [-0.2, 0) is 12.7 Å². The second-order valence-corrected chi connectivity index (χ2v) is 8.17. The average Bonchev–Trinajstić information content (AvgIpc) is 3.29. The summed E-state index contributed by atoms with van der Waals surface area (Å²) in [5.41, 5.74) is 1.18. The van der Waals surface area contributed by atoms with Gasteiger partial charge in [-0.3, -0.25) is 4.90 Å². The SMILES string of the molecule is COc1ccc(Oc2cccc(CN3CCN(c4ccc5nnc(C(F)(F)F)n5n4)CC3)c2)cc1. The molecule has 0 spiro atoms. The molecular weight excluding hydrogens is 461 g/mol. The van der Waals surface area contributed by atoms with Crippen LogP contribution in [0.1, 0.15) is 11.4 Å². The van der Waals surface area contributed by atoms with Crippen molar-refractivity contribution in [1.29, 1.82) is 0 Å². The van der Waals surface area contributed by atoms with Gasteiger partial charge in [0.05, 0.1) is 7.11 Å². The Kier molecular flexibility index (Phi) is 6.16. The first-order valence-electron chi connectivity index (χ1n) is 11.1. The molecule has 1 fully saturated rings. The lowest BCUT2D eigenvalue weighted by molar-refractivity contribution is -0.146. The van der Waals surface area contributed by atoms with Crippen LogP contribution in [0.4, 0.5) is 19.0 Å². The zero-order chi connectivity index (χ0) is 24.4. The van der Waals surface area contributed by atoms with Gasteiger partial charge in [-0.15, -0.1) is 15.3 Å². The van der Waals surface area contributed by atoms with Crippen LogP contribution >= 0.6 is 0 Å². The molecule has 0 radical (unpaired) electrons. The summed E-state index contributed by atoms with van der Waals surface area (Å²) in [6, 6.07) is 18.5. The number of piperazine rings is 1. The van der Waals surface area contributed by atoms with Gasteiger partial charge in [0.1, 0.15) is 23.1 Å². The first-order valence-corrected chi connectivity index (χ1v) is 11.1. The Labute approximate surface area is 199 Å². The fourth-order valence-corrected chi connectivity index (χ4v) is 4.01. The highest BCUT2D eigenvalue weighted by molar-refractivity contribution is 5.46. The van der Waals surface area contributed by atoms with Crippen molar-refractivity contribution in [3.8, 4) is 17.2 Å². The van der Waals surface area contributed by atoms with Crippen molar-refractivity contribution in [3.05, 3.63) is 72.1 Å². The third kappa shape index (κ3) is 5.14. The van der Waals surface area contributed by atoms with Crippen molar-refractivity contribution in [2.45, 2.75) is 12.7 Å². The molecule has 1 aliphatic rings. The number of nitrogens with zero attached hydrogens (tertiary/aromatic N) is 6. The number of benzene rings is 2. The normalized spacial score (nSPS) is 14.9. The number of halogens is 3. The number of alkyl halides is 3. The Morgan fingerprint density at radius 2 is 1.60 bits per heavy atom. The van der Waals surface area contributed by atoms with Crippen molar-refractivity contribution in [3.63, 3.8) is 0 Å². The Morgan fingerprint density at radius 3 is 2.31 bits per heavy atom. The summed E-state index contributed by atoms with van der Waals surface area (Å²) in [4.78, 5) is 4.26. The van der Waals surface area contributed by atoms with Crippen LogP contribution in [0.15, 0.2) is 60.7 Å². The Morgan fingerprint density at radius 1 is 0.857 bits per heavy atom. The first kappa shape index (κ1) is 22.9. The summed E-state index contributed by atoms with van der Waals surface area (Å²) in [7, 11) is 1.62. The molecule has 5 rings (SSSR count). The van der Waals surface area contributed by atoms with E-state index in [4.69, 9.17) is 9.47 Å². The number of anilines is 1. The van der Waals surface area contributed by atoms with Crippen LogP contribution in [0.2, 0.25) is 0 Å². The van der Waals surface area contributed by atoms with E-state index in [1.165, 1.54) is 6.07 Å². The van der Waals surface area contributed by atoms with Gasteiger partial charge in [-0.25, -0.2) is 0 Å². The fourth-order valence-electron chi connectivity index (χ4n) is 4.01. The lowest BCUT2D eigenvalue weighted by atomic mass is 10.2. The number of aromatic nitrogens is 4. The van der Waals surface area contributed by atoms with Gasteiger partial charge < -0.3 is 14.4 Å². The highest BCUT2D eigenvalue weighted by atomic mass is 19.4. The van der Waals surface area contributed by atoms with Gasteiger partial charge in [-0.05, 0) is 54.1 Å². The number of hydrogen-bond acceptors (Lipinski definition) is 7. The predicted molar refractivity (Wildman–Crippen MR) is 123 cm³/mol. The van der Waals surface area contributed by atoms with Crippen molar-refractivity contribution >= 4 is 11.5 Å². The maximum Gasteiger partial charge on any atom is 0.453 e. The lowest BCUT2D eigenvalue weighted by Crippen LogP contribution is -2.46. The summed E-state index contributed by atoms with van der Waals surface area (Å²) >= 11 is 0. The molecule has 0 amide bonds. The standard InChI is InChI=1S/C24H23F3N6O2/c1-34-18-5-7-19(8-6-18)35-20-4-2-3-17(15-20)16-31-11-13-32(14-12-31)22-10-9-21-28-29-23(24(25,26)27)33(21)30-22/h2-10,15H,11-14,16H2,1H3. The molecule has 0 bridgehead atoms. The van der Waals surface area contributed by atoms with E-state index in [0.717, 1.165) is 47.0 Å². The van der Waals surface area contributed by atoms with Crippen LogP contribution < -0.4 is 14.4 Å². The number of methoxy groups -OCH3 is 1. The summed E-state index contributed by atoms with van der Waals surface area (Å²) < 4.78 is 51.4. The van der Waals surface area contributed by atoms with E-state index in [1.807, 2.05) is 53.4 Å². The molecule has 2 aromatic carbocycles. The Balaban J connectivity index is 1.21. The van der Waals surface area contributed by atoms with Gasteiger partial charge in [0, 0.05) is 32.7 Å². The summed E-state index contributed by atoms with van der Waals surface area (Å²) in [6.45, 7) is 3.52. The highest BCUT2D eigenvalue weighted by Gasteiger charge is 2.37. The molecule has 2 aromatic heterocycles. The summed E-state index contributed by atoms with van der Waals surface area (Å²) in [6.07, 6.45) is -4.62. The van der Waals surface area contributed by atoms with E-state index in [1.54, 1.807) is 13.2 Å². The fraction of sp³-hybridized carbons (Fsp3) is 0.292. The number of rotatable bonds is 6. The Bertz CT molecular complexity index is 1300. The second kappa shape index (κ2) is 9.41. The molecule has 4 aromatic rings. The zero-order valence-corrected chi connectivity index (χ0v) is 18.9. The smallest absolute Gasteiger partial charge is 0.453 e. The van der Waals surface area contributed by atoms with Gasteiger partial charge in [0.25, 0.3) is 5.82 Å². The predicted octanol–water partition coefficient (Wildman–Crippen LogP) is 4.27. The molecule has 11 heteroatoms. The number of ether oxygens (including phenoxy) is 2. The van der Waals surface area contributed by atoms with Gasteiger partial charge in [-0.2, -0.15) is 17.7 Å². The molecule has 0 saturated carbocycles. The first-order chi connectivity index (χ1) is 16.9. The molecule has 3 heterocycles. The molecule has 0 aliphatic carbocycles. The minimum atomic E-state index is -4.62. The van der Waals surface area contributed by atoms with Crippen LogP contribution in [-0.4, -0.2) is 58.0 Å². The van der Waals surface area contributed by atoms with E-state index in [0.29, 0.717) is 18.9 Å². The molecule has 35 heavy (non-hydrogen) atoms. The van der Waals surface area contributed by atoms with Crippen molar-refractivity contribution in [2.75, 3.05) is 38.2 Å². The van der Waals surface area contributed by atoms with Gasteiger partial charge >= 0.3 is 6.18 Å². The molecule has 0 atom stereocenters. The third-order valence-corrected chi connectivity index (χ3v) is 5.80. The van der Waals surface area contributed by atoms with Crippen LogP contribution in [0, 0.1) is 0 Å². The topological polar surface area (TPSA) is 68.0 Å². The maximum absolute atomic E-state index is 13.2. The van der Waals surface area contributed by atoms with Crippen molar-refractivity contribution < 1.29 is 22.6 Å². The number of fused-ring (bicyclic) bond motifs is 1. The molecule has 182 valence electrons. The van der Waals surface area contributed by atoms with Crippen molar-refractivity contribution in [1.82, 2.24) is 24.7 Å².